The first-order valence-electron chi connectivity index (χ1n) is 9.82. The van der Waals surface area contributed by atoms with E-state index in [1.807, 2.05) is 11.5 Å². The summed E-state index contributed by atoms with van der Waals surface area (Å²) in [5.41, 5.74) is 4.53. The monoisotopic (exact) mass is 408 g/mol. The van der Waals surface area contributed by atoms with Gasteiger partial charge in [0.05, 0.1) is 5.75 Å². The second-order valence-electron chi connectivity index (χ2n) is 8.05. The number of nitrogens with one attached hydrogen (secondary N) is 1. The Kier molecular flexibility index (Phi) is 6.42. The van der Waals surface area contributed by atoms with Gasteiger partial charge in [-0.15, -0.1) is 10.2 Å². The molecule has 0 bridgehead atoms. The number of hydrogen-bond donors (Lipinski definition) is 1. The lowest BCUT2D eigenvalue weighted by Crippen LogP contribution is -2.24. The van der Waals surface area contributed by atoms with E-state index >= 15 is 0 Å². The van der Waals surface area contributed by atoms with Gasteiger partial charge in [0, 0.05) is 17.8 Å². The number of rotatable bonds is 6. The Morgan fingerprint density at radius 3 is 2.28 bits per heavy atom. The zero-order valence-electron chi connectivity index (χ0n) is 17.7. The van der Waals surface area contributed by atoms with Gasteiger partial charge in [-0.05, 0) is 37.0 Å². The largest absolute Gasteiger partial charge is 0.356 e. The molecule has 0 aliphatic heterocycles. The first-order chi connectivity index (χ1) is 13.8. The molecule has 0 unspecified atom stereocenters. The van der Waals surface area contributed by atoms with Gasteiger partial charge < -0.3 is 5.32 Å². The minimum absolute atomic E-state index is 0.00737. The van der Waals surface area contributed by atoms with Crippen LogP contribution in [0.2, 0.25) is 0 Å². The van der Waals surface area contributed by atoms with E-state index in [-0.39, 0.29) is 11.3 Å². The van der Waals surface area contributed by atoms with E-state index in [9.17, 15) is 4.79 Å². The molecule has 5 nitrogen and oxygen atoms in total. The van der Waals surface area contributed by atoms with Gasteiger partial charge in [-0.2, -0.15) is 0 Å². The van der Waals surface area contributed by atoms with E-state index in [4.69, 9.17) is 0 Å². The summed E-state index contributed by atoms with van der Waals surface area (Å²) in [6, 6.07) is 16.7. The second kappa shape index (κ2) is 8.82. The molecular formula is C23H28N4OS. The predicted octanol–water partition coefficient (Wildman–Crippen LogP) is 4.77. The first-order valence-corrected chi connectivity index (χ1v) is 10.8. The van der Waals surface area contributed by atoms with Gasteiger partial charge >= 0.3 is 0 Å². The highest BCUT2D eigenvalue weighted by Gasteiger charge is 2.19. The van der Waals surface area contributed by atoms with Gasteiger partial charge in [-0.3, -0.25) is 9.36 Å². The molecule has 0 saturated heterocycles. The van der Waals surface area contributed by atoms with Crippen LogP contribution in [0.4, 0.5) is 0 Å². The molecule has 0 atom stereocenters. The summed E-state index contributed by atoms with van der Waals surface area (Å²) < 4.78 is 2.02. The van der Waals surface area contributed by atoms with Gasteiger partial charge in [0.25, 0.3) is 0 Å². The minimum Gasteiger partial charge on any atom is -0.356 e. The van der Waals surface area contributed by atoms with Crippen molar-refractivity contribution < 1.29 is 4.79 Å². The molecule has 2 aromatic carbocycles. The van der Waals surface area contributed by atoms with E-state index in [0.717, 1.165) is 17.1 Å². The van der Waals surface area contributed by atoms with Crippen LogP contribution in [0.15, 0.2) is 53.7 Å². The fourth-order valence-electron chi connectivity index (χ4n) is 2.97. The third-order valence-electron chi connectivity index (χ3n) is 4.64. The summed E-state index contributed by atoms with van der Waals surface area (Å²) in [5, 5.41) is 12.4. The van der Waals surface area contributed by atoms with Crippen LogP contribution in [-0.2, 0) is 10.2 Å². The molecule has 29 heavy (non-hydrogen) atoms. The lowest BCUT2D eigenvalue weighted by atomic mass is 9.87. The number of benzene rings is 2. The molecular weight excluding hydrogens is 380 g/mol. The van der Waals surface area contributed by atoms with Crippen molar-refractivity contribution in [3.63, 3.8) is 0 Å². The number of aryl methyl sites for hydroxylation is 1. The molecule has 152 valence electrons. The molecule has 3 rings (SSSR count). The van der Waals surface area contributed by atoms with Gasteiger partial charge in [0.1, 0.15) is 0 Å². The molecule has 1 N–H and O–H groups in total. The maximum Gasteiger partial charge on any atom is 0.230 e. The highest BCUT2D eigenvalue weighted by atomic mass is 32.2. The van der Waals surface area contributed by atoms with Crippen LogP contribution >= 0.6 is 11.8 Å². The number of thioether (sulfide) groups is 1. The molecule has 1 aromatic heterocycles. The van der Waals surface area contributed by atoms with Crippen LogP contribution in [0, 0.1) is 6.92 Å². The highest BCUT2D eigenvalue weighted by molar-refractivity contribution is 7.99. The van der Waals surface area contributed by atoms with Crippen LogP contribution in [0.1, 0.15) is 38.8 Å². The number of amides is 1. The maximum atomic E-state index is 11.9. The van der Waals surface area contributed by atoms with E-state index in [1.165, 1.54) is 22.9 Å². The Bertz CT molecular complexity index is 970. The number of hydrogen-bond acceptors (Lipinski definition) is 4. The second-order valence-corrected chi connectivity index (χ2v) is 8.99. The van der Waals surface area contributed by atoms with Crippen LogP contribution < -0.4 is 5.32 Å². The molecule has 0 aliphatic rings. The van der Waals surface area contributed by atoms with Gasteiger partial charge in [0.15, 0.2) is 11.0 Å². The van der Waals surface area contributed by atoms with Crippen LogP contribution in [-0.4, -0.2) is 33.0 Å². The van der Waals surface area contributed by atoms with Gasteiger partial charge in [-0.25, -0.2) is 0 Å². The van der Waals surface area contributed by atoms with E-state index < -0.39 is 0 Å². The molecule has 3 aromatic rings. The Balaban J connectivity index is 2.00. The summed E-state index contributed by atoms with van der Waals surface area (Å²) in [6.45, 7) is 11.2. The van der Waals surface area contributed by atoms with E-state index in [1.54, 1.807) is 0 Å². The molecule has 0 fully saturated rings. The Labute approximate surface area is 176 Å². The van der Waals surface area contributed by atoms with Crippen molar-refractivity contribution in [3.8, 4) is 17.1 Å². The zero-order valence-corrected chi connectivity index (χ0v) is 18.5. The summed E-state index contributed by atoms with van der Waals surface area (Å²) >= 11 is 1.39. The zero-order chi connectivity index (χ0) is 21.0. The average molecular weight is 409 g/mol. The summed E-state index contributed by atoms with van der Waals surface area (Å²) in [4.78, 5) is 11.9. The fraction of sp³-hybridized carbons (Fsp3) is 0.348. The molecule has 0 aliphatic carbocycles. The third-order valence-corrected chi connectivity index (χ3v) is 5.57. The van der Waals surface area contributed by atoms with Crippen molar-refractivity contribution in [1.82, 2.24) is 20.1 Å². The Morgan fingerprint density at radius 2 is 1.69 bits per heavy atom. The molecule has 0 saturated carbocycles. The summed E-state index contributed by atoms with van der Waals surface area (Å²) in [5.74, 6) is 1.07. The molecule has 0 spiro atoms. The SMILES string of the molecule is CCNC(=O)CSc1nnc(-c2ccc(C(C)(C)C)cc2)n1-c1ccc(C)cc1. The van der Waals surface area contributed by atoms with Crippen LogP contribution in [0.5, 0.6) is 0 Å². The molecule has 6 heteroatoms. The predicted molar refractivity (Wildman–Crippen MR) is 120 cm³/mol. The van der Waals surface area contributed by atoms with Crippen molar-refractivity contribution in [1.29, 1.82) is 0 Å². The lowest BCUT2D eigenvalue weighted by molar-refractivity contribution is -0.118. The maximum absolute atomic E-state index is 11.9. The van der Waals surface area contributed by atoms with Crippen LogP contribution in [0.3, 0.4) is 0 Å². The number of aromatic nitrogens is 3. The highest BCUT2D eigenvalue weighted by Crippen LogP contribution is 2.30. The third kappa shape index (κ3) is 5.07. The quantitative estimate of drug-likeness (QED) is 0.597. The van der Waals surface area contributed by atoms with Crippen molar-refractivity contribution in [2.24, 2.45) is 0 Å². The first kappa shape index (κ1) is 21.1. The van der Waals surface area contributed by atoms with Crippen LogP contribution in [0.25, 0.3) is 17.1 Å². The lowest BCUT2D eigenvalue weighted by Gasteiger charge is -2.19. The summed E-state index contributed by atoms with van der Waals surface area (Å²) in [6.07, 6.45) is 0. The summed E-state index contributed by atoms with van der Waals surface area (Å²) in [7, 11) is 0. The average Bonchev–Trinajstić information content (AvgIpc) is 3.10. The normalized spacial score (nSPS) is 11.5. The molecule has 1 heterocycles. The van der Waals surface area contributed by atoms with E-state index in [0.29, 0.717) is 17.5 Å². The van der Waals surface area contributed by atoms with E-state index in [2.05, 4.69) is 91.7 Å². The van der Waals surface area contributed by atoms with Crippen molar-refractivity contribution in [2.75, 3.05) is 12.3 Å². The van der Waals surface area contributed by atoms with Crippen molar-refractivity contribution in [2.45, 2.75) is 45.2 Å². The minimum atomic E-state index is -0.00737. The fourth-order valence-corrected chi connectivity index (χ4v) is 3.76. The topological polar surface area (TPSA) is 59.8 Å². The van der Waals surface area contributed by atoms with Gasteiger partial charge in [-0.1, -0.05) is 74.5 Å². The molecule has 1 amide bonds. The standard InChI is InChI=1S/C23H28N4OS/c1-6-24-20(28)15-29-22-26-25-21(27(22)19-13-7-16(2)8-14-19)17-9-11-18(12-10-17)23(3,4)5/h7-14H,6,15H2,1-5H3,(H,24,28). The number of carbonyl (C=O) groups is 1. The Morgan fingerprint density at radius 1 is 1.03 bits per heavy atom. The Hall–Kier alpha value is -2.60. The van der Waals surface area contributed by atoms with Crippen molar-refractivity contribution >= 4 is 17.7 Å². The molecule has 0 radical (unpaired) electrons. The van der Waals surface area contributed by atoms with Gasteiger partial charge in [0.2, 0.25) is 5.91 Å². The number of carbonyl (C=O) groups excluding carboxylic acids is 1. The smallest absolute Gasteiger partial charge is 0.230 e. The number of nitrogens with zero attached hydrogens (tertiary/aromatic N) is 3. The van der Waals surface area contributed by atoms with Crippen molar-refractivity contribution in [3.05, 3.63) is 59.7 Å².